The Morgan fingerprint density at radius 3 is 2.42 bits per heavy atom. The molecule has 0 heterocycles. The van der Waals surface area contributed by atoms with Crippen molar-refractivity contribution in [2.45, 2.75) is 6.61 Å². The fraction of sp³-hybridized carbons (Fsp3) is 0.0500. The minimum atomic E-state index is -1.06. The van der Waals surface area contributed by atoms with Gasteiger partial charge in [-0.3, -0.25) is 0 Å². The molecule has 3 aromatic rings. The van der Waals surface area contributed by atoms with E-state index in [-0.39, 0.29) is 11.4 Å². The monoisotopic (exact) mass is 322 g/mol. The first-order valence-electron chi connectivity index (χ1n) is 7.43. The van der Waals surface area contributed by atoms with Crippen LogP contribution in [0.25, 0.3) is 11.1 Å². The Morgan fingerprint density at radius 2 is 1.71 bits per heavy atom. The van der Waals surface area contributed by atoms with E-state index in [1.165, 1.54) is 24.3 Å². The largest absolute Gasteiger partial charge is 0.489 e. The Bertz CT molecular complexity index is 860. The van der Waals surface area contributed by atoms with Gasteiger partial charge in [0, 0.05) is 0 Å². The van der Waals surface area contributed by atoms with Crippen LogP contribution < -0.4 is 4.74 Å². The number of hydrogen-bond donors (Lipinski definition) is 1. The van der Waals surface area contributed by atoms with Gasteiger partial charge in [-0.2, -0.15) is 0 Å². The molecule has 0 atom stereocenters. The summed E-state index contributed by atoms with van der Waals surface area (Å²) in [4.78, 5) is 11.3. The van der Waals surface area contributed by atoms with Crippen LogP contribution in [0.2, 0.25) is 0 Å². The van der Waals surface area contributed by atoms with Crippen molar-refractivity contribution in [1.29, 1.82) is 0 Å². The van der Waals surface area contributed by atoms with Gasteiger partial charge >= 0.3 is 5.97 Å². The van der Waals surface area contributed by atoms with Crippen LogP contribution in [-0.4, -0.2) is 11.1 Å². The van der Waals surface area contributed by atoms with E-state index in [1.54, 1.807) is 18.2 Å². The molecule has 4 heteroatoms. The standard InChI is InChI=1S/C20H15FO3/c21-18-8-4-7-15(10-18)16-9-17(20(22)23)12-19(11-16)24-13-14-5-2-1-3-6-14/h1-12H,13H2,(H,22,23). The molecule has 0 aromatic heterocycles. The van der Waals surface area contributed by atoms with Crippen molar-refractivity contribution in [2.24, 2.45) is 0 Å². The van der Waals surface area contributed by atoms with Crippen molar-refractivity contribution in [3.05, 3.63) is 89.7 Å². The number of benzene rings is 3. The van der Waals surface area contributed by atoms with E-state index in [0.29, 0.717) is 23.5 Å². The maximum absolute atomic E-state index is 13.4. The van der Waals surface area contributed by atoms with Crippen molar-refractivity contribution < 1.29 is 19.0 Å². The number of carbonyl (C=O) groups is 1. The summed E-state index contributed by atoms with van der Waals surface area (Å²) in [5, 5.41) is 9.29. The van der Waals surface area contributed by atoms with Crippen LogP contribution in [0.4, 0.5) is 4.39 Å². The lowest BCUT2D eigenvalue weighted by Crippen LogP contribution is -2.00. The summed E-state index contributed by atoms with van der Waals surface area (Å²) in [6, 6.07) is 20.3. The Labute approximate surface area is 139 Å². The highest BCUT2D eigenvalue weighted by Gasteiger charge is 2.10. The quantitative estimate of drug-likeness (QED) is 0.736. The Hall–Kier alpha value is -3.14. The van der Waals surface area contributed by atoms with Gasteiger partial charge in [0.15, 0.2) is 0 Å². The highest BCUT2D eigenvalue weighted by atomic mass is 19.1. The molecule has 3 aromatic carbocycles. The summed E-state index contributed by atoms with van der Waals surface area (Å²) in [6.07, 6.45) is 0. The zero-order chi connectivity index (χ0) is 16.9. The van der Waals surface area contributed by atoms with E-state index in [2.05, 4.69) is 0 Å². The minimum absolute atomic E-state index is 0.0971. The van der Waals surface area contributed by atoms with Gasteiger partial charge in [-0.25, -0.2) is 9.18 Å². The van der Waals surface area contributed by atoms with Crippen LogP contribution in [0.15, 0.2) is 72.8 Å². The van der Waals surface area contributed by atoms with E-state index in [4.69, 9.17) is 4.74 Å². The highest BCUT2D eigenvalue weighted by Crippen LogP contribution is 2.27. The topological polar surface area (TPSA) is 46.5 Å². The van der Waals surface area contributed by atoms with Crippen LogP contribution in [0.1, 0.15) is 15.9 Å². The smallest absolute Gasteiger partial charge is 0.335 e. The number of carboxylic acids is 1. The molecular weight excluding hydrogens is 307 g/mol. The second-order valence-corrected chi connectivity index (χ2v) is 5.34. The van der Waals surface area contributed by atoms with Gasteiger partial charge in [-0.15, -0.1) is 0 Å². The second-order valence-electron chi connectivity index (χ2n) is 5.34. The number of rotatable bonds is 5. The number of aromatic carboxylic acids is 1. The first kappa shape index (κ1) is 15.7. The first-order chi connectivity index (χ1) is 11.6. The minimum Gasteiger partial charge on any atom is -0.489 e. The zero-order valence-electron chi connectivity index (χ0n) is 12.8. The van der Waals surface area contributed by atoms with Gasteiger partial charge in [-0.05, 0) is 47.0 Å². The number of halogens is 1. The molecule has 0 radical (unpaired) electrons. The molecule has 0 saturated carbocycles. The summed E-state index contributed by atoms with van der Waals surface area (Å²) >= 11 is 0. The summed E-state index contributed by atoms with van der Waals surface area (Å²) in [6.45, 7) is 0.326. The van der Waals surface area contributed by atoms with Gasteiger partial charge in [0.25, 0.3) is 0 Å². The number of hydrogen-bond acceptors (Lipinski definition) is 2. The maximum Gasteiger partial charge on any atom is 0.335 e. The lowest BCUT2D eigenvalue weighted by molar-refractivity contribution is 0.0696. The van der Waals surface area contributed by atoms with Crippen molar-refractivity contribution in [3.63, 3.8) is 0 Å². The van der Waals surface area contributed by atoms with Crippen LogP contribution in [-0.2, 0) is 6.61 Å². The average molecular weight is 322 g/mol. The van der Waals surface area contributed by atoms with E-state index in [0.717, 1.165) is 5.56 Å². The van der Waals surface area contributed by atoms with Gasteiger partial charge in [0.2, 0.25) is 0 Å². The Balaban J connectivity index is 1.92. The van der Waals surface area contributed by atoms with E-state index < -0.39 is 5.97 Å². The van der Waals surface area contributed by atoms with Crippen LogP contribution in [0, 0.1) is 5.82 Å². The summed E-state index contributed by atoms with van der Waals surface area (Å²) in [5.41, 5.74) is 2.27. The molecule has 0 aliphatic carbocycles. The molecule has 120 valence electrons. The van der Waals surface area contributed by atoms with Crippen LogP contribution in [0.3, 0.4) is 0 Å². The summed E-state index contributed by atoms with van der Waals surface area (Å²) in [7, 11) is 0. The summed E-state index contributed by atoms with van der Waals surface area (Å²) < 4.78 is 19.2. The van der Waals surface area contributed by atoms with Gasteiger partial charge in [0.1, 0.15) is 18.2 Å². The Morgan fingerprint density at radius 1 is 0.917 bits per heavy atom. The average Bonchev–Trinajstić information content (AvgIpc) is 2.60. The van der Waals surface area contributed by atoms with Crippen molar-refractivity contribution >= 4 is 5.97 Å². The number of carboxylic acid groups (broad SMARTS) is 1. The second kappa shape index (κ2) is 6.96. The van der Waals surface area contributed by atoms with Crippen molar-refractivity contribution in [3.8, 4) is 16.9 Å². The first-order valence-corrected chi connectivity index (χ1v) is 7.43. The molecule has 0 unspecified atom stereocenters. The fourth-order valence-corrected chi connectivity index (χ4v) is 2.38. The predicted octanol–water partition coefficient (Wildman–Crippen LogP) is 4.77. The SMILES string of the molecule is O=C(O)c1cc(OCc2ccccc2)cc(-c2cccc(F)c2)c1. The fourth-order valence-electron chi connectivity index (χ4n) is 2.38. The highest BCUT2D eigenvalue weighted by molar-refractivity contribution is 5.90. The van der Waals surface area contributed by atoms with Crippen molar-refractivity contribution in [1.82, 2.24) is 0 Å². The molecule has 3 rings (SSSR count). The lowest BCUT2D eigenvalue weighted by atomic mass is 10.0. The van der Waals surface area contributed by atoms with E-state index >= 15 is 0 Å². The molecule has 1 N–H and O–H groups in total. The molecule has 3 nitrogen and oxygen atoms in total. The molecule has 0 aliphatic heterocycles. The summed E-state index contributed by atoms with van der Waals surface area (Å²) in [5.74, 6) is -1.00. The molecule has 0 amide bonds. The van der Waals surface area contributed by atoms with Crippen LogP contribution >= 0.6 is 0 Å². The zero-order valence-corrected chi connectivity index (χ0v) is 12.8. The van der Waals surface area contributed by atoms with Gasteiger partial charge < -0.3 is 9.84 Å². The lowest BCUT2D eigenvalue weighted by Gasteiger charge is -2.10. The molecule has 0 aliphatic rings. The molecule has 0 fully saturated rings. The maximum atomic E-state index is 13.4. The third kappa shape index (κ3) is 3.79. The van der Waals surface area contributed by atoms with Gasteiger partial charge in [-0.1, -0.05) is 42.5 Å². The normalized spacial score (nSPS) is 10.4. The van der Waals surface area contributed by atoms with Crippen LogP contribution in [0.5, 0.6) is 5.75 Å². The molecule has 0 spiro atoms. The van der Waals surface area contributed by atoms with E-state index in [9.17, 15) is 14.3 Å². The Kier molecular flexibility index (Phi) is 4.57. The molecule has 24 heavy (non-hydrogen) atoms. The molecule has 0 saturated heterocycles. The third-order valence-corrected chi connectivity index (χ3v) is 3.56. The van der Waals surface area contributed by atoms with Crippen molar-refractivity contribution in [2.75, 3.05) is 0 Å². The molecular formula is C20H15FO3. The predicted molar refractivity (Wildman–Crippen MR) is 89.6 cm³/mol. The third-order valence-electron chi connectivity index (χ3n) is 3.56. The van der Waals surface area contributed by atoms with E-state index in [1.807, 2.05) is 30.3 Å². The number of ether oxygens (including phenoxy) is 1. The molecule has 0 bridgehead atoms. The van der Waals surface area contributed by atoms with Gasteiger partial charge in [0.05, 0.1) is 5.56 Å².